The van der Waals surface area contributed by atoms with Gasteiger partial charge in [0.25, 0.3) is 0 Å². The lowest BCUT2D eigenvalue weighted by molar-refractivity contribution is -0.170. The molecule has 200 valence electrons. The Kier molecular flexibility index (Phi) is 13.9. The van der Waals surface area contributed by atoms with Crippen molar-refractivity contribution in [3.05, 3.63) is 30.0 Å². The molecule has 2 rings (SSSR count). The molecule has 0 aliphatic rings. The standard InChI is InChI=1S/C16H23N5O.C6H8O7.H2O/c1-3-4-5-8-18-16(17)21-20-11-12-10-19-15-7-6-13(22-2)9-14(12)15;7-3(8)1-6(13,5(11)12)2-4(9)10;/h6-7,9-11,19H,3-5,8H2,1-2H3,(H3,17,18,21);13H,1-2H2,(H,7,8)(H,9,10)(H,11,12);1H2/b20-11-;;. The van der Waals surface area contributed by atoms with Gasteiger partial charge in [0.1, 0.15) is 5.75 Å². The first-order valence-corrected chi connectivity index (χ1v) is 10.7. The molecule has 10 N–H and O–H groups in total. The van der Waals surface area contributed by atoms with E-state index in [0.717, 1.165) is 41.6 Å². The summed E-state index contributed by atoms with van der Waals surface area (Å²) in [5.41, 5.74) is 7.75. The van der Waals surface area contributed by atoms with Gasteiger partial charge in [-0.1, -0.05) is 19.8 Å². The van der Waals surface area contributed by atoms with Crippen molar-refractivity contribution >= 4 is 41.0 Å². The molecule has 0 amide bonds. The third-order valence-corrected chi connectivity index (χ3v) is 4.63. The first-order valence-electron chi connectivity index (χ1n) is 10.7. The van der Waals surface area contributed by atoms with Crippen molar-refractivity contribution in [2.75, 3.05) is 13.7 Å². The Morgan fingerprint density at radius 2 is 1.81 bits per heavy atom. The van der Waals surface area contributed by atoms with Crippen LogP contribution in [0.5, 0.6) is 5.75 Å². The highest BCUT2D eigenvalue weighted by Crippen LogP contribution is 2.22. The molecule has 0 saturated carbocycles. The van der Waals surface area contributed by atoms with Gasteiger partial charge in [-0.15, -0.1) is 0 Å². The van der Waals surface area contributed by atoms with Crippen LogP contribution in [0, 0.1) is 0 Å². The van der Waals surface area contributed by atoms with Crippen LogP contribution in [0.4, 0.5) is 0 Å². The number of aromatic amines is 1. The number of aromatic nitrogens is 1. The zero-order chi connectivity index (χ0) is 26.4. The number of hydrogen-bond donors (Lipinski definition) is 7. The van der Waals surface area contributed by atoms with Gasteiger partial charge in [0.2, 0.25) is 5.96 Å². The number of aliphatic imine (C=N–C) groups is 1. The molecule has 0 unspecified atom stereocenters. The van der Waals surface area contributed by atoms with Crippen molar-refractivity contribution in [3.63, 3.8) is 0 Å². The highest BCUT2D eigenvalue weighted by molar-refractivity contribution is 5.99. The van der Waals surface area contributed by atoms with Gasteiger partial charge in [0.05, 0.1) is 26.2 Å². The van der Waals surface area contributed by atoms with E-state index in [4.69, 9.17) is 30.9 Å². The van der Waals surface area contributed by atoms with E-state index in [1.807, 2.05) is 24.4 Å². The SMILES string of the molecule is CCCCCN=C(N)N/N=C\c1c[nH]c2ccc(OC)cc12.O.O=C(O)CC(O)(CC(=O)O)C(=O)O. The smallest absolute Gasteiger partial charge is 0.336 e. The highest BCUT2D eigenvalue weighted by Gasteiger charge is 2.40. The van der Waals surface area contributed by atoms with E-state index >= 15 is 0 Å². The summed E-state index contributed by atoms with van der Waals surface area (Å²) in [6.45, 7) is 2.89. The number of rotatable bonds is 12. The molecule has 0 aliphatic heterocycles. The normalized spacial score (nSPS) is 11.4. The average molecular weight is 512 g/mol. The number of guanidine groups is 1. The zero-order valence-corrected chi connectivity index (χ0v) is 20.0. The molecule has 0 saturated heterocycles. The Balaban J connectivity index is 0.000000758. The quantitative estimate of drug-likeness (QED) is 0.0900. The summed E-state index contributed by atoms with van der Waals surface area (Å²) in [7, 11) is 1.65. The molecular weight excluding hydrogens is 478 g/mol. The second-order valence-electron chi connectivity index (χ2n) is 7.48. The Morgan fingerprint density at radius 3 is 2.33 bits per heavy atom. The van der Waals surface area contributed by atoms with Crippen LogP contribution < -0.4 is 15.9 Å². The lowest BCUT2D eigenvalue weighted by Gasteiger charge is -2.18. The molecule has 2 aromatic rings. The molecule has 1 heterocycles. The predicted octanol–water partition coefficient (Wildman–Crippen LogP) is 0.532. The Morgan fingerprint density at radius 1 is 1.17 bits per heavy atom. The largest absolute Gasteiger partial charge is 0.497 e. The molecule has 14 nitrogen and oxygen atoms in total. The van der Waals surface area contributed by atoms with Crippen molar-refractivity contribution in [1.29, 1.82) is 0 Å². The lowest BCUT2D eigenvalue weighted by atomic mass is 9.96. The van der Waals surface area contributed by atoms with Crippen LogP contribution in [0.2, 0.25) is 0 Å². The van der Waals surface area contributed by atoms with Crippen molar-refractivity contribution in [2.24, 2.45) is 15.8 Å². The fourth-order valence-electron chi connectivity index (χ4n) is 2.83. The van der Waals surface area contributed by atoms with Crippen LogP contribution >= 0.6 is 0 Å². The number of carboxylic acids is 3. The third kappa shape index (κ3) is 10.8. The summed E-state index contributed by atoms with van der Waals surface area (Å²) < 4.78 is 5.24. The first-order chi connectivity index (χ1) is 16.5. The van der Waals surface area contributed by atoms with Crippen LogP contribution in [0.3, 0.4) is 0 Å². The van der Waals surface area contributed by atoms with E-state index in [0.29, 0.717) is 5.96 Å². The van der Waals surface area contributed by atoms with Crippen LogP contribution in [0.1, 0.15) is 44.6 Å². The molecule has 14 heteroatoms. The summed E-state index contributed by atoms with van der Waals surface area (Å²) in [5, 5.41) is 39.0. The van der Waals surface area contributed by atoms with Gasteiger partial charge in [-0.05, 0) is 24.6 Å². The number of carbonyl (C=O) groups is 3. The summed E-state index contributed by atoms with van der Waals surface area (Å²) in [5.74, 6) is -3.87. The molecule has 0 bridgehead atoms. The molecule has 0 aliphatic carbocycles. The summed E-state index contributed by atoms with van der Waals surface area (Å²) in [6.07, 6.45) is 4.70. The first kappa shape index (κ1) is 31.8. The van der Waals surface area contributed by atoms with Gasteiger partial charge in [0, 0.05) is 29.2 Å². The highest BCUT2D eigenvalue weighted by atomic mass is 16.5. The molecule has 1 aromatic carbocycles. The van der Waals surface area contributed by atoms with Gasteiger partial charge in [0.15, 0.2) is 5.60 Å². The fraction of sp³-hybridized carbons (Fsp3) is 0.409. The van der Waals surface area contributed by atoms with Gasteiger partial charge in [-0.3, -0.25) is 14.6 Å². The Hall–Kier alpha value is -4.17. The molecule has 0 spiro atoms. The zero-order valence-electron chi connectivity index (χ0n) is 20.0. The number of methoxy groups -OCH3 is 1. The number of benzene rings is 1. The molecule has 1 aromatic heterocycles. The van der Waals surface area contributed by atoms with Crippen molar-refractivity contribution < 1.29 is 45.0 Å². The minimum atomic E-state index is -2.74. The lowest BCUT2D eigenvalue weighted by Crippen LogP contribution is -2.42. The number of hydrogen-bond acceptors (Lipinski definition) is 7. The number of nitrogens with zero attached hydrogens (tertiary/aromatic N) is 2. The van der Waals surface area contributed by atoms with Crippen molar-refractivity contribution in [2.45, 2.75) is 44.6 Å². The average Bonchev–Trinajstić information content (AvgIpc) is 3.18. The number of ether oxygens (including phenoxy) is 1. The minimum Gasteiger partial charge on any atom is -0.497 e. The number of hydrazone groups is 1. The van der Waals surface area contributed by atoms with Crippen LogP contribution in [0.25, 0.3) is 10.9 Å². The molecule has 0 atom stereocenters. The number of unbranched alkanes of at least 4 members (excludes halogenated alkanes) is 2. The maximum atomic E-state index is 10.3. The van der Waals surface area contributed by atoms with Crippen LogP contribution in [-0.4, -0.2) is 80.2 Å². The van der Waals surface area contributed by atoms with Gasteiger partial charge < -0.3 is 41.4 Å². The molecule has 0 fully saturated rings. The van der Waals surface area contributed by atoms with Gasteiger partial charge in [-0.2, -0.15) is 5.10 Å². The Bertz CT molecular complexity index is 1050. The Labute approximate surface area is 206 Å². The minimum absolute atomic E-state index is 0. The maximum Gasteiger partial charge on any atom is 0.336 e. The number of aliphatic hydroxyl groups is 1. The predicted molar refractivity (Wildman–Crippen MR) is 132 cm³/mol. The van der Waals surface area contributed by atoms with E-state index in [9.17, 15) is 14.4 Å². The monoisotopic (exact) mass is 511 g/mol. The summed E-state index contributed by atoms with van der Waals surface area (Å²) in [4.78, 5) is 37.9. The van der Waals surface area contributed by atoms with Crippen molar-refractivity contribution in [3.8, 4) is 5.75 Å². The fourth-order valence-corrected chi connectivity index (χ4v) is 2.83. The van der Waals surface area contributed by atoms with E-state index in [1.165, 1.54) is 6.42 Å². The molecular formula is C22H33N5O9. The van der Waals surface area contributed by atoms with E-state index < -0.39 is 36.4 Å². The number of aliphatic carboxylic acids is 3. The second-order valence-corrected chi connectivity index (χ2v) is 7.48. The second kappa shape index (κ2) is 15.7. The van der Waals surface area contributed by atoms with Crippen LogP contribution in [-0.2, 0) is 14.4 Å². The number of nitrogens with two attached hydrogens (primary N) is 1. The topological polar surface area (TPSA) is 251 Å². The molecule has 36 heavy (non-hydrogen) atoms. The summed E-state index contributed by atoms with van der Waals surface area (Å²) >= 11 is 0. The van der Waals surface area contributed by atoms with Gasteiger partial charge in [-0.25, -0.2) is 10.2 Å². The van der Waals surface area contributed by atoms with Crippen LogP contribution in [0.15, 0.2) is 34.5 Å². The van der Waals surface area contributed by atoms with E-state index in [-0.39, 0.29) is 5.48 Å². The van der Waals surface area contributed by atoms with E-state index in [1.54, 1.807) is 13.3 Å². The number of fused-ring (bicyclic) bond motifs is 1. The number of carboxylic acid groups (broad SMARTS) is 3. The molecule has 0 radical (unpaired) electrons. The number of nitrogens with one attached hydrogen (secondary N) is 2. The summed E-state index contributed by atoms with van der Waals surface area (Å²) in [6, 6.07) is 5.86. The van der Waals surface area contributed by atoms with Gasteiger partial charge >= 0.3 is 17.9 Å². The van der Waals surface area contributed by atoms with E-state index in [2.05, 4.69) is 27.4 Å². The third-order valence-electron chi connectivity index (χ3n) is 4.63. The maximum absolute atomic E-state index is 10.3. The number of H-pyrrole nitrogens is 1. The van der Waals surface area contributed by atoms with Crippen molar-refractivity contribution in [1.82, 2.24) is 10.4 Å².